The van der Waals surface area contributed by atoms with Crippen molar-refractivity contribution < 1.29 is 4.74 Å². The van der Waals surface area contributed by atoms with Gasteiger partial charge in [-0.3, -0.25) is 0 Å². The van der Waals surface area contributed by atoms with Crippen molar-refractivity contribution in [1.82, 2.24) is 9.97 Å². The van der Waals surface area contributed by atoms with Gasteiger partial charge >= 0.3 is 0 Å². The van der Waals surface area contributed by atoms with Crippen molar-refractivity contribution in [3.8, 4) is 0 Å². The molecular formula is C9H10BrClN2O. The Morgan fingerprint density at radius 2 is 2.50 bits per heavy atom. The van der Waals surface area contributed by atoms with Crippen molar-refractivity contribution in [3.63, 3.8) is 0 Å². The van der Waals surface area contributed by atoms with Gasteiger partial charge in [-0.15, -0.1) is 0 Å². The Morgan fingerprint density at radius 1 is 1.64 bits per heavy atom. The van der Waals surface area contributed by atoms with Gasteiger partial charge in [-0.2, -0.15) is 0 Å². The molecule has 1 atom stereocenters. The lowest BCUT2D eigenvalue weighted by Gasteiger charge is -2.05. The molecule has 1 saturated heterocycles. The van der Waals surface area contributed by atoms with E-state index in [9.17, 15) is 0 Å². The van der Waals surface area contributed by atoms with E-state index in [2.05, 4.69) is 25.9 Å². The second-order valence-corrected chi connectivity index (χ2v) is 4.57. The Hall–Kier alpha value is -0.190. The first-order chi connectivity index (χ1) is 6.75. The third-order valence-corrected chi connectivity index (χ3v) is 3.34. The molecule has 0 amide bonds. The van der Waals surface area contributed by atoms with Crippen molar-refractivity contribution in [2.75, 3.05) is 13.2 Å². The van der Waals surface area contributed by atoms with Crippen LogP contribution in [0.4, 0.5) is 0 Å². The zero-order valence-electron chi connectivity index (χ0n) is 7.54. The van der Waals surface area contributed by atoms with Crippen LogP contribution in [0.25, 0.3) is 0 Å². The van der Waals surface area contributed by atoms with Gasteiger partial charge in [0.05, 0.1) is 4.47 Å². The summed E-state index contributed by atoms with van der Waals surface area (Å²) < 4.78 is 6.03. The Labute approximate surface area is 96.0 Å². The van der Waals surface area contributed by atoms with Gasteiger partial charge in [-0.25, -0.2) is 9.97 Å². The summed E-state index contributed by atoms with van der Waals surface area (Å²) in [4.78, 5) is 8.39. The van der Waals surface area contributed by atoms with E-state index >= 15 is 0 Å². The average Bonchev–Trinajstić information content (AvgIpc) is 2.64. The van der Waals surface area contributed by atoms with Crippen LogP contribution in [-0.4, -0.2) is 23.2 Å². The number of hydrogen-bond donors (Lipinski definition) is 0. The van der Waals surface area contributed by atoms with Crippen LogP contribution in [0.3, 0.4) is 0 Å². The minimum atomic E-state index is 0.480. The predicted molar refractivity (Wildman–Crippen MR) is 57.4 cm³/mol. The lowest BCUT2D eigenvalue weighted by Crippen LogP contribution is -2.07. The standard InChI is InChI=1S/C9H10BrClN2O/c10-7-4-12-8(13-9(7)11)3-6-1-2-14-5-6/h4,6H,1-3,5H2. The van der Waals surface area contributed by atoms with Crippen LogP contribution in [-0.2, 0) is 11.2 Å². The molecule has 1 fully saturated rings. The highest BCUT2D eigenvalue weighted by Crippen LogP contribution is 2.21. The third kappa shape index (κ3) is 2.43. The van der Waals surface area contributed by atoms with E-state index in [4.69, 9.17) is 16.3 Å². The molecule has 0 aromatic carbocycles. The number of nitrogens with zero attached hydrogens (tertiary/aromatic N) is 2. The Balaban J connectivity index is 2.05. The Kier molecular flexibility index (Phi) is 3.36. The molecule has 0 N–H and O–H groups in total. The molecule has 0 aliphatic carbocycles. The minimum absolute atomic E-state index is 0.480. The van der Waals surface area contributed by atoms with Crippen molar-refractivity contribution in [3.05, 3.63) is 21.6 Å². The Bertz CT molecular complexity index is 329. The molecule has 1 unspecified atom stereocenters. The smallest absolute Gasteiger partial charge is 0.146 e. The van der Waals surface area contributed by atoms with Gasteiger partial charge in [0.2, 0.25) is 0 Å². The average molecular weight is 278 g/mol. The van der Waals surface area contributed by atoms with Gasteiger partial charge in [0.25, 0.3) is 0 Å². The van der Waals surface area contributed by atoms with E-state index < -0.39 is 0 Å². The summed E-state index contributed by atoms with van der Waals surface area (Å²) in [6, 6.07) is 0. The van der Waals surface area contributed by atoms with Gasteiger partial charge in [-0.1, -0.05) is 11.6 Å². The fraction of sp³-hybridized carbons (Fsp3) is 0.556. The summed E-state index contributed by atoms with van der Waals surface area (Å²) in [7, 11) is 0. The molecule has 3 nitrogen and oxygen atoms in total. The summed E-state index contributed by atoms with van der Waals surface area (Å²) in [5.41, 5.74) is 0. The quantitative estimate of drug-likeness (QED) is 0.779. The second-order valence-electron chi connectivity index (χ2n) is 3.36. The summed E-state index contributed by atoms with van der Waals surface area (Å²) in [6.07, 6.45) is 3.64. The SMILES string of the molecule is Clc1nc(CC2CCOC2)ncc1Br. The summed E-state index contributed by atoms with van der Waals surface area (Å²) in [5.74, 6) is 1.35. The number of rotatable bonds is 2. The molecule has 0 radical (unpaired) electrons. The molecule has 14 heavy (non-hydrogen) atoms. The predicted octanol–water partition coefficient (Wildman–Crippen LogP) is 2.47. The maximum atomic E-state index is 5.87. The number of halogens is 2. The van der Waals surface area contributed by atoms with Gasteiger partial charge in [-0.05, 0) is 28.3 Å². The highest BCUT2D eigenvalue weighted by molar-refractivity contribution is 9.10. The van der Waals surface area contributed by atoms with E-state index in [1.165, 1.54) is 0 Å². The highest BCUT2D eigenvalue weighted by Gasteiger charge is 2.17. The normalized spacial score (nSPS) is 21.4. The first kappa shape index (κ1) is 10.3. The van der Waals surface area contributed by atoms with E-state index in [-0.39, 0.29) is 0 Å². The van der Waals surface area contributed by atoms with Crippen LogP contribution in [0.1, 0.15) is 12.2 Å². The van der Waals surface area contributed by atoms with Gasteiger partial charge in [0, 0.05) is 25.8 Å². The molecule has 76 valence electrons. The minimum Gasteiger partial charge on any atom is -0.381 e. The maximum Gasteiger partial charge on any atom is 0.146 e. The lowest BCUT2D eigenvalue weighted by atomic mass is 10.1. The molecule has 0 saturated carbocycles. The van der Waals surface area contributed by atoms with Crippen molar-refractivity contribution in [1.29, 1.82) is 0 Å². The van der Waals surface area contributed by atoms with Gasteiger partial charge < -0.3 is 4.74 Å². The molecule has 1 aromatic rings. The van der Waals surface area contributed by atoms with Gasteiger partial charge in [0.15, 0.2) is 0 Å². The Morgan fingerprint density at radius 3 is 3.14 bits per heavy atom. The van der Waals surface area contributed by atoms with Crippen LogP contribution < -0.4 is 0 Å². The van der Waals surface area contributed by atoms with Crippen LogP contribution in [0.15, 0.2) is 10.7 Å². The number of aromatic nitrogens is 2. The molecule has 1 aliphatic heterocycles. The fourth-order valence-corrected chi connectivity index (χ4v) is 1.82. The largest absolute Gasteiger partial charge is 0.381 e. The maximum absolute atomic E-state index is 5.87. The second kappa shape index (κ2) is 4.55. The van der Waals surface area contributed by atoms with Gasteiger partial charge in [0.1, 0.15) is 11.0 Å². The fourth-order valence-electron chi connectivity index (χ4n) is 1.48. The highest BCUT2D eigenvalue weighted by atomic mass is 79.9. The van der Waals surface area contributed by atoms with E-state index in [1.54, 1.807) is 6.20 Å². The topological polar surface area (TPSA) is 35.0 Å². The zero-order valence-corrected chi connectivity index (χ0v) is 9.88. The van der Waals surface area contributed by atoms with E-state index in [0.29, 0.717) is 11.1 Å². The number of ether oxygens (including phenoxy) is 1. The molecule has 2 heterocycles. The van der Waals surface area contributed by atoms with Crippen LogP contribution in [0, 0.1) is 5.92 Å². The van der Waals surface area contributed by atoms with E-state index in [0.717, 1.165) is 36.4 Å². The summed E-state index contributed by atoms with van der Waals surface area (Å²) in [5, 5.41) is 0.480. The van der Waals surface area contributed by atoms with Crippen molar-refractivity contribution in [2.45, 2.75) is 12.8 Å². The zero-order chi connectivity index (χ0) is 9.97. The molecule has 1 aliphatic rings. The first-order valence-electron chi connectivity index (χ1n) is 4.50. The third-order valence-electron chi connectivity index (χ3n) is 2.25. The summed E-state index contributed by atoms with van der Waals surface area (Å²) >= 11 is 9.13. The lowest BCUT2D eigenvalue weighted by molar-refractivity contribution is 0.185. The molecule has 1 aromatic heterocycles. The van der Waals surface area contributed by atoms with E-state index in [1.807, 2.05) is 0 Å². The first-order valence-corrected chi connectivity index (χ1v) is 5.67. The van der Waals surface area contributed by atoms with Crippen LogP contribution in [0.2, 0.25) is 5.15 Å². The molecule has 0 spiro atoms. The van der Waals surface area contributed by atoms with Crippen molar-refractivity contribution in [2.24, 2.45) is 5.92 Å². The molecule has 0 bridgehead atoms. The van der Waals surface area contributed by atoms with Crippen LogP contribution in [0.5, 0.6) is 0 Å². The van der Waals surface area contributed by atoms with Crippen molar-refractivity contribution >= 4 is 27.5 Å². The summed E-state index contributed by atoms with van der Waals surface area (Å²) in [6.45, 7) is 1.67. The van der Waals surface area contributed by atoms with Crippen LogP contribution >= 0.6 is 27.5 Å². The molecule has 2 rings (SSSR count). The monoisotopic (exact) mass is 276 g/mol. The number of hydrogen-bond acceptors (Lipinski definition) is 3. The molecular weight excluding hydrogens is 267 g/mol. The molecule has 5 heteroatoms.